The summed E-state index contributed by atoms with van der Waals surface area (Å²) in [5, 5.41) is 3.03. The highest BCUT2D eigenvalue weighted by Gasteiger charge is 2.35. The summed E-state index contributed by atoms with van der Waals surface area (Å²) in [6.07, 6.45) is 3.80. The van der Waals surface area contributed by atoms with Gasteiger partial charge in [0.15, 0.2) is 9.84 Å². The topological polar surface area (TPSA) is 86.8 Å². The molecule has 0 aliphatic carbocycles. The van der Waals surface area contributed by atoms with E-state index in [0.717, 1.165) is 56.6 Å². The fourth-order valence-electron chi connectivity index (χ4n) is 4.64. The summed E-state index contributed by atoms with van der Waals surface area (Å²) in [5.74, 6) is 0.798. The van der Waals surface area contributed by atoms with Crippen molar-refractivity contribution in [3.8, 4) is 0 Å². The van der Waals surface area contributed by atoms with Crippen LogP contribution in [0.1, 0.15) is 37.7 Å². The molecule has 0 aromatic heterocycles. The number of carbonyl (C=O) groups is 2. The molecule has 0 radical (unpaired) electrons. The van der Waals surface area contributed by atoms with E-state index in [1.54, 1.807) is 0 Å². The van der Waals surface area contributed by atoms with Gasteiger partial charge in [-0.3, -0.25) is 14.5 Å². The Hall–Kier alpha value is -1.93. The van der Waals surface area contributed by atoms with Gasteiger partial charge in [-0.15, -0.1) is 0 Å². The zero-order valence-corrected chi connectivity index (χ0v) is 17.5. The summed E-state index contributed by atoms with van der Waals surface area (Å²) >= 11 is 0. The predicted molar refractivity (Wildman–Crippen MR) is 111 cm³/mol. The van der Waals surface area contributed by atoms with Crippen molar-refractivity contribution >= 4 is 27.3 Å². The zero-order chi connectivity index (χ0) is 20.4. The molecule has 4 rings (SSSR count). The van der Waals surface area contributed by atoms with Crippen molar-refractivity contribution in [1.82, 2.24) is 10.2 Å². The summed E-state index contributed by atoms with van der Waals surface area (Å²) < 4.78 is 23.4. The van der Waals surface area contributed by atoms with Crippen LogP contribution in [0.4, 0.5) is 5.69 Å². The van der Waals surface area contributed by atoms with Crippen LogP contribution < -0.4 is 10.2 Å². The van der Waals surface area contributed by atoms with E-state index in [1.807, 2.05) is 29.2 Å². The molecule has 0 saturated carbocycles. The fourth-order valence-corrected chi connectivity index (χ4v) is 6.40. The predicted octanol–water partition coefficient (Wildman–Crippen LogP) is 1.33. The van der Waals surface area contributed by atoms with Crippen molar-refractivity contribution in [1.29, 1.82) is 0 Å². The van der Waals surface area contributed by atoms with Crippen LogP contribution in [-0.4, -0.2) is 62.3 Å². The Morgan fingerprint density at radius 3 is 2.38 bits per heavy atom. The Balaban J connectivity index is 1.23. The molecule has 1 aromatic carbocycles. The maximum absolute atomic E-state index is 12.5. The third-order valence-electron chi connectivity index (χ3n) is 6.41. The number of nitrogens with zero attached hydrogens (tertiary/aromatic N) is 2. The van der Waals surface area contributed by atoms with Gasteiger partial charge in [0.1, 0.15) is 0 Å². The van der Waals surface area contributed by atoms with Crippen LogP contribution >= 0.6 is 0 Å². The smallest absolute Gasteiger partial charge is 0.227 e. The highest BCUT2D eigenvalue weighted by molar-refractivity contribution is 7.91. The van der Waals surface area contributed by atoms with Gasteiger partial charge in [0.2, 0.25) is 11.8 Å². The van der Waals surface area contributed by atoms with Crippen molar-refractivity contribution in [3.05, 3.63) is 29.8 Å². The lowest BCUT2D eigenvalue weighted by Crippen LogP contribution is -2.45. The van der Waals surface area contributed by atoms with Gasteiger partial charge in [-0.25, -0.2) is 8.42 Å². The summed E-state index contributed by atoms with van der Waals surface area (Å²) in [5.41, 5.74) is 1.94. The SMILES string of the molecule is O=C(NCc1ccc(N2CCCC2=O)cc1)C1CCN([C@H]2CCS(=O)(=O)C2)CC1. The molecule has 1 aromatic rings. The highest BCUT2D eigenvalue weighted by atomic mass is 32.2. The number of amides is 2. The molecule has 29 heavy (non-hydrogen) atoms. The molecule has 7 nitrogen and oxygen atoms in total. The van der Waals surface area contributed by atoms with Gasteiger partial charge in [0, 0.05) is 37.2 Å². The zero-order valence-electron chi connectivity index (χ0n) is 16.7. The average Bonchev–Trinajstić information content (AvgIpc) is 3.31. The Labute approximate surface area is 172 Å². The minimum absolute atomic E-state index is 0.00856. The van der Waals surface area contributed by atoms with E-state index in [2.05, 4.69) is 10.2 Å². The van der Waals surface area contributed by atoms with Gasteiger partial charge in [0.25, 0.3) is 0 Å². The monoisotopic (exact) mass is 419 g/mol. The van der Waals surface area contributed by atoms with Gasteiger partial charge in [-0.1, -0.05) is 12.1 Å². The molecule has 3 aliphatic heterocycles. The normalized spacial score (nSPS) is 25.4. The van der Waals surface area contributed by atoms with Gasteiger partial charge < -0.3 is 10.2 Å². The number of benzene rings is 1. The van der Waals surface area contributed by atoms with E-state index >= 15 is 0 Å². The second-order valence-electron chi connectivity index (χ2n) is 8.40. The second kappa shape index (κ2) is 8.44. The lowest BCUT2D eigenvalue weighted by molar-refractivity contribution is -0.126. The lowest BCUT2D eigenvalue weighted by Gasteiger charge is -2.34. The average molecular weight is 420 g/mol. The second-order valence-corrected chi connectivity index (χ2v) is 10.6. The molecule has 2 amide bonds. The van der Waals surface area contributed by atoms with Crippen molar-refractivity contribution in [2.75, 3.05) is 36.0 Å². The Morgan fingerprint density at radius 2 is 1.79 bits per heavy atom. The molecule has 3 fully saturated rings. The van der Waals surface area contributed by atoms with Crippen molar-refractivity contribution in [2.24, 2.45) is 5.92 Å². The number of likely N-dealkylation sites (tertiary alicyclic amines) is 1. The first-order chi connectivity index (χ1) is 13.9. The van der Waals surface area contributed by atoms with Crippen LogP contribution in [0, 0.1) is 5.92 Å². The van der Waals surface area contributed by atoms with Gasteiger partial charge in [-0.2, -0.15) is 0 Å². The first-order valence-corrected chi connectivity index (χ1v) is 12.3. The summed E-state index contributed by atoms with van der Waals surface area (Å²) in [6.45, 7) is 2.84. The molecule has 0 bridgehead atoms. The van der Waals surface area contributed by atoms with Crippen LogP contribution in [-0.2, 0) is 26.0 Å². The molecular weight excluding hydrogens is 390 g/mol. The lowest BCUT2D eigenvalue weighted by atomic mass is 9.94. The van der Waals surface area contributed by atoms with Crippen molar-refractivity contribution in [3.63, 3.8) is 0 Å². The van der Waals surface area contributed by atoms with E-state index in [4.69, 9.17) is 0 Å². The molecule has 0 spiro atoms. The van der Waals surface area contributed by atoms with Crippen LogP contribution in [0.25, 0.3) is 0 Å². The first kappa shape index (κ1) is 20.3. The van der Waals surface area contributed by atoms with Gasteiger partial charge in [-0.05, 0) is 56.5 Å². The maximum Gasteiger partial charge on any atom is 0.227 e. The molecule has 1 N–H and O–H groups in total. The third kappa shape index (κ3) is 4.80. The number of nitrogens with one attached hydrogen (secondary N) is 1. The minimum Gasteiger partial charge on any atom is -0.352 e. The number of anilines is 1. The molecule has 158 valence electrons. The van der Waals surface area contributed by atoms with Crippen LogP contribution in [0.2, 0.25) is 0 Å². The number of piperidine rings is 1. The molecule has 0 unspecified atom stereocenters. The summed E-state index contributed by atoms with van der Waals surface area (Å²) in [6, 6.07) is 7.94. The maximum atomic E-state index is 12.5. The van der Waals surface area contributed by atoms with Crippen molar-refractivity contribution < 1.29 is 18.0 Å². The number of hydrogen-bond donors (Lipinski definition) is 1. The largest absolute Gasteiger partial charge is 0.352 e. The van der Waals surface area contributed by atoms with E-state index in [-0.39, 0.29) is 29.5 Å². The minimum atomic E-state index is -2.87. The molecular formula is C21H29N3O4S. The summed E-state index contributed by atoms with van der Waals surface area (Å²) in [4.78, 5) is 28.4. The van der Waals surface area contributed by atoms with Gasteiger partial charge >= 0.3 is 0 Å². The van der Waals surface area contributed by atoms with Crippen LogP contribution in [0.5, 0.6) is 0 Å². The van der Waals surface area contributed by atoms with Crippen LogP contribution in [0.15, 0.2) is 24.3 Å². The van der Waals surface area contributed by atoms with Crippen molar-refractivity contribution in [2.45, 2.75) is 44.7 Å². The summed E-state index contributed by atoms with van der Waals surface area (Å²) in [7, 11) is -2.87. The van der Waals surface area contributed by atoms with E-state index < -0.39 is 9.84 Å². The molecule has 3 aliphatic rings. The molecule has 8 heteroatoms. The number of rotatable bonds is 5. The van der Waals surface area contributed by atoms with E-state index in [1.165, 1.54) is 0 Å². The standard InChI is InChI=1S/C21H29N3O4S/c25-20-2-1-10-24(20)18-5-3-16(4-6-18)14-22-21(26)17-7-11-23(12-8-17)19-9-13-29(27,28)15-19/h3-6,17,19H,1-2,7-15H2,(H,22,26)/t19-/m0/s1. The molecule has 1 atom stereocenters. The first-order valence-electron chi connectivity index (χ1n) is 10.5. The molecule has 3 heterocycles. The third-order valence-corrected chi connectivity index (χ3v) is 8.16. The van der Waals surface area contributed by atoms with E-state index in [0.29, 0.717) is 18.7 Å². The number of carbonyl (C=O) groups excluding carboxylic acids is 2. The Kier molecular flexibility index (Phi) is 5.92. The quantitative estimate of drug-likeness (QED) is 0.778. The van der Waals surface area contributed by atoms with E-state index in [9.17, 15) is 18.0 Å². The number of sulfone groups is 1. The Bertz CT molecular complexity index is 860. The van der Waals surface area contributed by atoms with Crippen LogP contribution in [0.3, 0.4) is 0 Å². The Morgan fingerprint density at radius 1 is 1.07 bits per heavy atom. The molecule has 3 saturated heterocycles. The van der Waals surface area contributed by atoms with Gasteiger partial charge in [0.05, 0.1) is 11.5 Å². The highest BCUT2D eigenvalue weighted by Crippen LogP contribution is 2.25. The fraction of sp³-hybridized carbons (Fsp3) is 0.619. The number of hydrogen-bond acceptors (Lipinski definition) is 5.